The van der Waals surface area contributed by atoms with Crippen LogP contribution in [0.1, 0.15) is 47.8 Å². The van der Waals surface area contributed by atoms with E-state index in [4.69, 9.17) is 9.40 Å². The van der Waals surface area contributed by atoms with Crippen molar-refractivity contribution in [3.8, 4) is 0 Å². The molecule has 0 spiro atoms. The predicted octanol–water partition coefficient (Wildman–Crippen LogP) is 6.41. The summed E-state index contributed by atoms with van der Waals surface area (Å²) in [4.78, 5) is 20.1. The van der Waals surface area contributed by atoms with Gasteiger partial charge in [-0.1, -0.05) is 61.1 Å². The van der Waals surface area contributed by atoms with E-state index in [0.29, 0.717) is 24.0 Å². The van der Waals surface area contributed by atoms with Crippen molar-refractivity contribution in [2.75, 3.05) is 4.90 Å². The minimum absolute atomic E-state index is 0.0188. The lowest BCUT2D eigenvalue weighted by Crippen LogP contribution is -2.31. The van der Waals surface area contributed by atoms with Crippen molar-refractivity contribution in [2.24, 2.45) is 0 Å². The average molecular weight is 419 g/mol. The van der Waals surface area contributed by atoms with E-state index in [0.717, 1.165) is 32.7 Å². The number of aryl methyl sites for hydroxylation is 2. The predicted molar refractivity (Wildman–Crippen MR) is 123 cm³/mol. The number of amides is 1. The van der Waals surface area contributed by atoms with Gasteiger partial charge in [0, 0.05) is 0 Å². The van der Waals surface area contributed by atoms with Crippen LogP contribution < -0.4 is 4.90 Å². The highest BCUT2D eigenvalue weighted by molar-refractivity contribution is 7.22. The summed E-state index contributed by atoms with van der Waals surface area (Å²) >= 11 is 1.56. The van der Waals surface area contributed by atoms with Crippen molar-refractivity contribution in [3.63, 3.8) is 0 Å². The van der Waals surface area contributed by atoms with Crippen molar-refractivity contribution in [1.29, 1.82) is 0 Å². The van der Waals surface area contributed by atoms with Crippen LogP contribution in [0.3, 0.4) is 0 Å². The first-order valence-electron chi connectivity index (χ1n) is 10.2. The van der Waals surface area contributed by atoms with Gasteiger partial charge in [-0.3, -0.25) is 9.69 Å². The van der Waals surface area contributed by atoms with Gasteiger partial charge in [0.15, 0.2) is 5.13 Å². The third kappa shape index (κ3) is 4.17. The molecule has 0 unspecified atom stereocenters. The molecular weight excluding hydrogens is 392 g/mol. The molecule has 5 heteroatoms. The third-order valence-corrected chi connectivity index (χ3v) is 6.38. The van der Waals surface area contributed by atoms with E-state index in [9.17, 15) is 4.79 Å². The van der Waals surface area contributed by atoms with E-state index in [1.165, 1.54) is 5.56 Å². The van der Waals surface area contributed by atoms with Gasteiger partial charge in [0.1, 0.15) is 5.76 Å². The second-order valence-corrected chi connectivity index (χ2v) is 9.02. The van der Waals surface area contributed by atoms with Gasteiger partial charge in [0.2, 0.25) is 5.91 Å². The zero-order valence-corrected chi connectivity index (χ0v) is 18.6. The number of carbonyl (C=O) groups excluding carboxylic acids is 1. The first kappa shape index (κ1) is 20.4. The molecule has 30 heavy (non-hydrogen) atoms. The first-order chi connectivity index (χ1) is 14.4. The van der Waals surface area contributed by atoms with Gasteiger partial charge in [-0.2, -0.15) is 0 Å². The molecule has 154 valence electrons. The number of furan rings is 1. The maximum atomic E-state index is 13.4. The highest BCUT2D eigenvalue weighted by atomic mass is 32.1. The normalized spacial score (nSPS) is 11.4. The number of anilines is 1. The molecule has 0 aliphatic rings. The smallest absolute Gasteiger partial charge is 0.233 e. The number of nitrogens with zero attached hydrogens (tertiary/aromatic N) is 2. The van der Waals surface area contributed by atoms with Crippen LogP contribution in [-0.2, 0) is 17.8 Å². The summed E-state index contributed by atoms with van der Waals surface area (Å²) in [5.74, 6) is 1.13. The summed E-state index contributed by atoms with van der Waals surface area (Å²) in [6, 6.07) is 16.2. The van der Waals surface area contributed by atoms with E-state index in [1.54, 1.807) is 22.5 Å². The molecule has 4 nitrogen and oxygen atoms in total. The molecule has 0 fully saturated rings. The highest BCUT2D eigenvalue weighted by Crippen LogP contribution is 2.34. The number of hydrogen-bond acceptors (Lipinski definition) is 4. The van der Waals surface area contributed by atoms with Gasteiger partial charge in [0.25, 0.3) is 0 Å². The van der Waals surface area contributed by atoms with E-state index in [-0.39, 0.29) is 5.91 Å². The molecule has 1 amide bonds. The highest BCUT2D eigenvalue weighted by Gasteiger charge is 2.23. The summed E-state index contributed by atoms with van der Waals surface area (Å²) in [6.07, 6.45) is 1.97. The van der Waals surface area contributed by atoms with Crippen LogP contribution in [0, 0.1) is 13.8 Å². The molecule has 4 aromatic rings. The van der Waals surface area contributed by atoms with E-state index in [1.807, 2.05) is 19.1 Å². The molecule has 0 bridgehead atoms. The van der Waals surface area contributed by atoms with Gasteiger partial charge >= 0.3 is 0 Å². The molecule has 2 aromatic heterocycles. The lowest BCUT2D eigenvalue weighted by molar-refractivity contribution is -0.118. The van der Waals surface area contributed by atoms with Gasteiger partial charge in [-0.05, 0) is 54.7 Å². The van der Waals surface area contributed by atoms with Crippen molar-refractivity contribution < 1.29 is 9.21 Å². The van der Waals surface area contributed by atoms with Gasteiger partial charge in [-0.15, -0.1) is 0 Å². The summed E-state index contributed by atoms with van der Waals surface area (Å²) in [5, 5.41) is 0.713. The number of fused-ring (bicyclic) bond motifs is 1. The SMILES string of the molecule is Cc1ccc(C)c(CC(=O)N(Cc2ccco2)c2nc3c(C(C)C)cccc3s2)c1. The average Bonchev–Trinajstić information content (AvgIpc) is 3.37. The monoisotopic (exact) mass is 418 g/mol. The summed E-state index contributed by atoms with van der Waals surface area (Å²) in [5.41, 5.74) is 5.51. The molecule has 0 N–H and O–H groups in total. The van der Waals surface area contributed by atoms with Crippen LogP contribution in [0.5, 0.6) is 0 Å². The lowest BCUT2D eigenvalue weighted by atomic mass is 10.0. The van der Waals surface area contributed by atoms with E-state index < -0.39 is 0 Å². The molecule has 0 radical (unpaired) electrons. The second-order valence-electron chi connectivity index (χ2n) is 8.01. The zero-order valence-electron chi connectivity index (χ0n) is 17.8. The fourth-order valence-electron chi connectivity index (χ4n) is 3.61. The fourth-order valence-corrected chi connectivity index (χ4v) is 4.63. The number of thiazole rings is 1. The molecule has 0 saturated carbocycles. The van der Waals surface area contributed by atoms with Gasteiger partial charge in [-0.25, -0.2) is 4.98 Å². The van der Waals surface area contributed by atoms with Crippen LogP contribution in [0.2, 0.25) is 0 Å². The Morgan fingerprint density at radius 2 is 1.97 bits per heavy atom. The number of rotatable bonds is 6. The van der Waals surface area contributed by atoms with Crippen LogP contribution in [-0.4, -0.2) is 10.9 Å². The van der Waals surface area contributed by atoms with Crippen molar-refractivity contribution >= 4 is 32.6 Å². The third-order valence-electron chi connectivity index (χ3n) is 5.33. The standard InChI is InChI=1S/C25H26N2O2S/c1-16(2)21-8-5-9-22-24(21)26-25(30-22)27(15-20-7-6-12-29-20)23(28)14-19-13-17(3)10-11-18(19)4/h5-13,16H,14-15H2,1-4H3. The first-order valence-corrected chi connectivity index (χ1v) is 11.0. The number of para-hydroxylation sites is 1. The number of carbonyl (C=O) groups is 1. The van der Waals surface area contributed by atoms with E-state index in [2.05, 4.69) is 57.2 Å². The number of aromatic nitrogens is 1. The van der Waals surface area contributed by atoms with Gasteiger partial charge in [0.05, 0.1) is 29.4 Å². The Hall–Kier alpha value is -2.92. The molecule has 0 saturated heterocycles. The molecule has 0 aliphatic carbocycles. The largest absolute Gasteiger partial charge is 0.467 e. The van der Waals surface area contributed by atoms with E-state index >= 15 is 0 Å². The Kier molecular flexibility index (Phi) is 5.73. The fraction of sp³-hybridized carbons (Fsp3) is 0.280. The Labute approximate surface area is 181 Å². The molecule has 2 aromatic carbocycles. The second kappa shape index (κ2) is 8.44. The Balaban J connectivity index is 1.73. The molecule has 4 rings (SSSR count). The summed E-state index contributed by atoms with van der Waals surface area (Å²) in [6.45, 7) is 8.80. The maximum Gasteiger partial charge on any atom is 0.233 e. The van der Waals surface area contributed by atoms with Crippen LogP contribution >= 0.6 is 11.3 Å². The van der Waals surface area contributed by atoms with Crippen LogP contribution in [0.25, 0.3) is 10.2 Å². The molecular formula is C25H26N2O2S. The zero-order chi connectivity index (χ0) is 21.3. The Bertz CT molecular complexity index is 1180. The molecule has 0 aliphatic heterocycles. The molecule has 0 atom stereocenters. The maximum absolute atomic E-state index is 13.4. The topological polar surface area (TPSA) is 46.3 Å². The van der Waals surface area contributed by atoms with Crippen LogP contribution in [0.15, 0.2) is 59.2 Å². The minimum Gasteiger partial charge on any atom is -0.467 e. The Morgan fingerprint density at radius 1 is 1.13 bits per heavy atom. The molecule has 2 heterocycles. The van der Waals surface area contributed by atoms with Crippen LogP contribution in [0.4, 0.5) is 5.13 Å². The minimum atomic E-state index is 0.0188. The number of benzene rings is 2. The van der Waals surface area contributed by atoms with Crippen molar-refractivity contribution in [1.82, 2.24) is 4.98 Å². The van der Waals surface area contributed by atoms with Crippen molar-refractivity contribution in [3.05, 3.63) is 82.8 Å². The quantitative estimate of drug-likeness (QED) is 0.364. The van der Waals surface area contributed by atoms with Crippen molar-refractivity contribution in [2.45, 2.75) is 46.6 Å². The summed E-state index contributed by atoms with van der Waals surface area (Å²) < 4.78 is 6.65. The lowest BCUT2D eigenvalue weighted by Gasteiger charge is -2.19. The number of hydrogen-bond donors (Lipinski definition) is 0. The summed E-state index contributed by atoms with van der Waals surface area (Å²) in [7, 11) is 0. The van der Waals surface area contributed by atoms with Gasteiger partial charge < -0.3 is 4.42 Å². The Morgan fingerprint density at radius 3 is 2.70 bits per heavy atom.